The van der Waals surface area contributed by atoms with E-state index in [4.69, 9.17) is 4.74 Å². The van der Waals surface area contributed by atoms with Crippen molar-refractivity contribution in [2.75, 3.05) is 46.4 Å². The number of rotatable bonds is 6. The van der Waals surface area contributed by atoms with E-state index in [-0.39, 0.29) is 30.8 Å². The monoisotopic (exact) mass is 423 g/mol. The zero-order valence-corrected chi connectivity index (χ0v) is 18.6. The first-order valence-corrected chi connectivity index (χ1v) is 10.4. The number of hydrogen-bond donors (Lipinski definition) is 1. The number of ether oxygens (including phenoxy) is 1. The molecule has 1 atom stereocenters. The lowest BCUT2D eigenvalue weighted by atomic mass is 10.0. The molecular formula is C22H34ClN3O3. The number of carbonyl (C=O) groups is 2. The summed E-state index contributed by atoms with van der Waals surface area (Å²) < 4.78 is 5.87. The molecule has 0 saturated carbocycles. The Morgan fingerprint density at radius 3 is 2.34 bits per heavy atom. The van der Waals surface area contributed by atoms with Crippen LogP contribution < -0.4 is 10.1 Å². The molecule has 7 heteroatoms. The molecule has 1 unspecified atom stereocenters. The number of amides is 2. The van der Waals surface area contributed by atoms with Gasteiger partial charge in [0.05, 0.1) is 0 Å². The quantitative estimate of drug-likeness (QED) is 0.764. The predicted molar refractivity (Wildman–Crippen MR) is 117 cm³/mol. The van der Waals surface area contributed by atoms with Gasteiger partial charge in [0.2, 0.25) is 0 Å². The number of nitrogens with one attached hydrogen (secondary N) is 1. The maximum absolute atomic E-state index is 12.9. The van der Waals surface area contributed by atoms with Crippen LogP contribution >= 0.6 is 12.4 Å². The van der Waals surface area contributed by atoms with Crippen LogP contribution in [0.4, 0.5) is 0 Å². The van der Waals surface area contributed by atoms with E-state index in [2.05, 4.69) is 5.32 Å². The number of halogens is 1. The van der Waals surface area contributed by atoms with E-state index in [0.717, 1.165) is 68.9 Å². The third-order valence-corrected chi connectivity index (χ3v) is 5.82. The second-order valence-corrected chi connectivity index (χ2v) is 8.13. The third kappa shape index (κ3) is 5.86. The first kappa shape index (κ1) is 23.5. The first-order chi connectivity index (χ1) is 13.5. The normalized spacial score (nSPS) is 19.1. The average Bonchev–Trinajstić information content (AvgIpc) is 3.16. The summed E-state index contributed by atoms with van der Waals surface area (Å²) >= 11 is 0. The molecule has 0 bridgehead atoms. The molecule has 2 heterocycles. The maximum Gasteiger partial charge on any atom is 0.260 e. The summed E-state index contributed by atoms with van der Waals surface area (Å²) in [6, 6.07) is 3.78. The second-order valence-electron chi connectivity index (χ2n) is 8.13. The fourth-order valence-corrected chi connectivity index (χ4v) is 4.32. The molecule has 29 heavy (non-hydrogen) atoms. The van der Waals surface area contributed by atoms with E-state index < -0.39 is 0 Å². The highest BCUT2D eigenvalue weighted by Crippen LogP contribution is 2.27. The molecule has 2 amide bonds. The summed E-state index contributed by atoms with van der Waals surface area (Å²) in [5.74, 6) is 1.38. The number of nitrogens with zero attached hydrogens (tertiary/aromatic N) is 2. The summed E-state index contributed by atoms with van der Waals surface area (Å²) in [5.41, 5.74) is 2.51. The lowest BCUT2D eigenvalue weighted by molar-refractivity contribution is -0.134. The maximum atomic E-state index is 12.9. The molecule has 3 rings (SSSR count). The Kier molecular flexibility index (Phi) is 8.78. The van der Waals surface area contributed by atoms with Crippen LogP contribution in [0.1, 0.15) is 47.2 Å². The number of likely N-dealkylation sites (tertiary alicyclic amines) is 2. The summed E-state index contributed by atoms with van der Waals surface area (Å²) in [6.45, 7) is 8.17. The topological polar surface area (TPSA) is 61.9 Å². The highest BCUT2D eigenvalue weighted by atomic mass is 35.5. The van der Waals surface area contributed by atoms with Crippen molar-refractivity contribution in [1.82, 2.24) is 15.1 Å². The number of hydrogen-bond acceptors (Lipinski definition) is 4. The molecule has 1 N–H and O–H groups in total. The van der Waals surface area contributed by atoms with Crippen molar-refractivity contribution in [1.29, 1.82) is 0 Å². The van der Waals surface area contributed by atoms with Crippen molar-refractivity contribution in [2.45, 2.75) is 39.5 Å². The predicted octanol–water partition coefficient (Wildman–Crippen LogP) is 2.80. The van der Waals surface area contributed by atoms with Gasteiger partial charge in [-0.3, -0.25) is 9.59 Å². The highest BCUT2D eigenvalue weighted by Gasteiger charge is 2.27. The van der Waals surface area contributed by atoms with Gasteiger partial charge in [-0.1, -0.05) is 0 Å². The van der Waals surface area contributed by atoms with Gasteiger partial charge in [-0.2, -0.15) is 0 Å². The van der Waals surface area contributed by atoms with Crippen LogP contribution in [0, 0.1) is 19.8 Å². The van der Waals surface area contributed by atoms with Gasteiger partial charge in [-0.05, 0) is 82.3 Å². The fourth-order valence-electron chi connectivity index (χ4n) is 4.32. The largest absolute Gasteiger partial charge is 0.483 e. The molecule has 2 aliphatic rings. The second kappa shape index (κ2) is 10.8. The van der Waals surface area contributed by atoms with E-state index in [1.165, 1.54) is 6.42 Å². The number of piperidine rings is 1. The van der Waals surface area contributed by atoms with Crippen LogP contribution in [0.3, 0.4) is 0 Å². The van der Waals surface area contributed by atoms with Crippen molar-refractivity contribution in [3.8, 4) is 5.75 Å². The third-order valence-electron chi connectivity index (χ3n) is 5.82. The number of benzene rings is 1. The van der Waals surface area contributed by atoms with E-state index >= 15 is 0 Å². The molecule has 0 spiro atoms. The van der Waals surface area contributed by atoms with E-state index in [1.807, 2.05) is 42.8 Å². The summed E-state index contributed by atoms with van der Waals surface area (Å²) in [5, 5.41) is 3.20. The minimum absolute atomic E-state index is 0. The van der Waals surface area contributed by atoms with Crippen LogP contribution in [0.25, 0.3) is 0 Å². The standard InChI is InChI=1S/C22H33N3O3.ClH/c1-16-11-19(22(27)25-10-7-18(14-25)13-23-3)12-17(2)21(16)28-15-20(26)24-8-5-4-6-9-24;/h11-12,18,23H,4-10,13-15H2,1-3H3;1H. The summed E-state index contributed by atoms with van der Waals surface area (Å²) in [6.07, 6.45) is 4.40. The Morgan fingerprint density at radius 2 is 1.72 bits per heavy atom. The van der Waals surface area contributed by atoms with Gasteiger partial charge >= 0.3 is 0 Å². The smallest absolute Gasteiger partial charge is 0.260 e. The molecule has 2 aliphatic heterocycles. The van der Waals surface area contributed by atoms with E-state index in [1.54, 1.807) is 0 Å². The fraction of sp³-hybridized carbons (Fsp3) is 0.636. The molecule has 2 saturated heterocycles. The average molecular weight is 424 g/mol. The van der Waals surface area contributed by atoms with E-state index in [0.29, 0.717) is 11.5 Å². The van der Waals surface area contributed by atoms with Crippen molar-refractivity contribution in [2.24, 2.45) is 5.92 Å². The molecule has 0 aliphatic carbocycles. The Bertz CT molecular complexity index is 696. The Balaban J connectivity index is 0.00000300. The first-order valence-electron chi connectivity index (χ1n) is 10.4. The van der Waals surface area contributed by atoms with Crippen molar-refractivity contribution < 1.29 is 14.3 Å². The van der Waals surface area contributed by atoms with Gasteiger partial charge in [0.15, 0.2) is 6.61 Å². The minimum Gasteiger partial charge on any atom is -0.483 e. The Morgan fingerprint density at radius 1 is 1.07 bits per heavy atom. The number of carbonyl (C=O) groups excluding carboxylic acids is 2. The molecule has 0 aromatic heterocycles. The molecule has 1 aromatic carbocycles. The van der Waals surface area contributed by atoms with Crippen LogP contribution in [0.2, 0.25) is 0 Å². The molecular weight excluding hydrogens is 390 g/mol. The van der Waals surface area contributed by atoms with Gasteiger partial charge in [0.25, 0.3) is 11.8 Å². The van der Waals surface area contributed by atoms with Crippen LogP contribution in [0.5, 0.6) is 5.75 Å². The zero-order chi connectivity index (χ0) is 20.1. The summed E-state index contributed by atoms with van der Waals surface area (Å²) in [7, 11) is 1.95. The van der Waals surface area contributed by atoms with Gasteiger partial charge < -0.3 is 19.9 Å². The summed E-state index contributed by atoms with van der Waals surface area (Å²) in [4.78, 5) is 29.1. The highest BCUT2D eigenvalue weighted by molar-refractivity contribution is 5.95. The zero-order valence-electron chi connectivity index (χ0n) is 17.8. The van der Waals surface area contributed by atoms with Crippen molar-refractivity contribution >= 4 is 24.2 Å². The van der Waals surface area contributed by atoms with Gasteiger partial charge in [0.1, 0.15) is 5.75 Å². The molecule has 2 fully saturated rings. The van der Waals surface area contributed by atoms with Crippen LogP contribution in [-0.2, 0) is 4.79 Å². The number of aryl methyl sites for hydroxylation is 2. The lowest BCUT2D eigenvalue weighted by Crippen LogP contribution is -2.38. The van der Waals surface area contributed by atoms with Crippen LogP contribution in [0.15, 0.2) is 12.1 Å². The molecule has 162 valence electrons. The Hall–Kier alpha value is -1.79. The minimum atomic E-state index is 0. The lowest BCUT2D eigenvalue weighted by Gasteiger charge is -2.27. The van der Waals surface area contributed by atoms with Crippen LogP contribution in [-0.4, -0.2) is 68.0 Å². The van der Waals surface area contributed by atoms with Crippen molar-refractivity contribution in [3.05, 3.63) is 28.8 Å². The molecule has 6 nitrogen and oxygen atoms in total. The SMILES string of the molecule is CNCC1CCN(C(=O)c2cc(C)c(OCC(=O)N3CCCCC3)c(C)c2)C1.Cl. The Labute approximate surface area is 180 Å². The molecule has 1 aromatic rings. The van der Waals surface area contributed by atoms with Gasteiger partial charge in [-0.15, -0.1) is 12.4 Å². The molecule has 0 radical (unpaired) electrons. The van der Waals surface area contributed by atoms with E-state index in [9.17, 15) is 9.59 Å². The van der Waals surface area contributed by atoms with Gasteiger partial charge in [0, 0.05) is 31.7 Å². The van der Waals surface area contributed by atoms with Crippen molar-refractivity contribution in [3.63, 3.8) is 0 Å². The van der Waals surface area contributed by atoms with Gasteiger partial charge in [-0.25, -0.2) is 0 Å².